The zero-order chi connectivity index (χ0) is 17.6. The molecule has 0 aliphatic heterocycles. The van der Waals surface area contributed by atoms with Crippen LogP contribution < -0.4 is 5.56 Å². The first kappa shape index (κ1) is 15.2. The summed E-state index contributed by atoms with van der Waals surface area (Å²) in [7, 11) is 2.07. The van der Waals surface area contributed by atoms with Crippen LogP contribution in [0.1, 0.15) is 74.8 Å². The van der Waals surface area contributed by atoms with Crippen LogP contribution >= 0.6 is 0 Å². The average molecular weight is 334 g/mol. The highest BCUT2D eigenvalue weighted by molar-refractivity contribution is 5.62. The fourth-order valence-corrected chi connectivity index (χ4v) is 5.70. The van der Waals surface area contributed by atoms with Gasteiger partial charge in [0.25, 0.3) is 5.56 Å². The highest BCUT2D eigenvalue weighted by Gasteiger charge is 2.50. The Bertz CT molecular complexity index is 988. The van der Waals surface area contributed by atoms with Crippen LogP contribution in [0, 0.1) is 0 Å². The Balaban J connectivity index is 1.74. The molecule has 1 aromatic carbocycles. The van der Waals surface area contributed by atoms with Crippen molar-refractivity contribution in [2.45, 2.75) is 63.2 Å². The Hall–Kier alpha value is -2.03. The molecule has 0 N–H and O–H groups in total. The third kappa shape index (κ3) is 1.84. The molecule has 0 saturated heterocycles. The summed E-state index contributed by atoms with van der Waals surface area (Å²) in [5.74, 6) is 0.469. The van der Waals surface area contributed by atoms with E-state index >= 15 is 0 Å². The van der Waals surface area contributed by atoms with Gasteiger partial charge >= 0.3 is 0 Å². The van der Waals surface area contributed by atoms with Gasteiger partial charge in [-0.25, -0.2) is 4.68 Å². The van der Waals surface area contributed by atoms with Crippen molar-refractivity contribution in [3.63, 3.8) is 0 Å². The SMILES string of the molecule is Cn1c2c(c(=O)n1-c1ccc3c(c1)C(C)(C)CC=C3)C1CCC2(C)C1. The second-order valence-corrected chi connectivity index (χ2v) is 9.17. The molecule has 3 aliphatic rings. The maximum atomic E-state index is 13.3. The lowest BCUT2D eigenvalue weighted by Gasteiger charge is -2.30. The van der Waals surface area contributed by atoms with Crippen LogP contribution in [-0.2, 0) is 17.9 Å². The first-order valence-electron chi connectivity index (χ1n) is 9.46. The molecule has 0 amide bonds. The Morgan fingerprint density at radius 1 is 1.20 bits per heavy atom. The molecule has 0 spiro atoms. The lowest BCUT2D eigenvalue weighted by molar-refractivity contribution is 0.446. The minimum absolute atomic E-state index is 0.114. The van der Waals surface area contributed by atoms with Gasteiger partial charge in [0.15, 0.2) is 0 Å². The van der Waals surface area contributed by atoms with E-state index in [0.29, 0.717) is 5.92 Å². The van der Waals surface area contributed by atoms with Crippen LogP contribution in [0.4, 0.5) is 0 Å². The number of fused-ring (bicyclic) bond motifs is 6. The minimum atomic E-state index is 0.114. The van der Waals surface area contributed by atoms with Gasteiger partial charge in [-0.15, -0.1) is 0 Å². The van der Waals surface area contributed by atoms with E-state index in [1.165, 1.54) is 29.7 Å². The summed E-state index contributed by atoms with van der Waals surface area (Å²) in [4.78, 5) is 13.3. The van der Waals surface area contributed by atoms with Crippen LogP contribution in [0.3, 0.4) is 0 Å². The molecule has 5 rings (SSSR count). The second kappa shape index (κ2) is 4.57. The average Bonchev–Trinajstić information content (AvgIpc) is 3.16. The zero-order valence-electron chi connectivity index (χ0n) is 15.6. The van der Waals surface area contributed by atoms with Crippen LogP contribution in [0.25, 0.3) is 11.8 Å². The molecular formula is C22H26N2O. The summed E-state index contributed by atoms with van der Waals surface area (Å²) in [6.07, 6.45) is 9.05. The van der Waals surface area contributed by atoms with Crippen molar-refractivity contribution in [3.8, 4) is 5.69 Å². The van der Waals surface area contributed by atoms with Crippen LogP contribution in [0.15, 0.2) is 29.1 Å². The molecule has 3 heteroatoms. The third-order valence-corrected chi connectivity index (χ3v) is 6.96. The second-order valence-electron chi connectivity index (χ2n) is 9.17. The van der Waals surface area contributed by atoms with Gasteiger partial charge in [-0.05, 0) is 60.3 Å². The first-order valence-corrected chi connectivity index (χ1v) is 9.46. The molecule has 3 aliphatic carbocycles. The summed E-state index contributed by atoms with van der Waals surface area (Å²) in [5, 5.41) is 0. The van der Waals surface area contributed by atoms with Gasteiger partial charge in [-0.1, -0.05) is 39.0 Å². The van der Waals surface area contributed by atoms with Crippen LogP contribution in [0.5, 0.6) is 0 Å². The fraction of sp³-hybridized carbons (Fsp3) is 0.500. The van der Waals surface area contributed by atoms with Gasteiger partial charge < -0.3 is 0 Å². The third-order valence-electron chi connectivity index (χ3n) is 6.96. The highest BCUT2D eigenvalue weighted by atomic mass is 16.1. The molecule has 1 saturated carbocycles. The van der Waals surface area contributed by atoms with E-state index < -0.39 is 0 Å². The number of nitrogens with zero attached hydrogens (tertiary/aromatic N) is 2. The highest BCUT2D eigenvalue weighted by Crippen LogP contribution is 2.56. The Kier molecular flexibility index (Phi) is 2.79. The molecule has 2 bridgehead atoms. The molecular weight excluding hydrogens is 308 g/mol. The Morgan fingerprint density at radius 3 is 2.76 bits per heavy atom. The summed E-state index contributed by atoms with van der Waals surface area (Å²) < 4.78 is 4.05. The van der Waals surface area contributed by atoms with E-state index in [1.54, 1.807) is 0 Å². The summed E-state index contributed by atoms with van der Waals surface area (Å²) >= 11 is 0. The van der Waals surface area contributed by atoms with Gasteiger partial charge in [-0.2, -0.15) is 0 Å². The molecule has 3 nitrogen and oxygen atoms in total. The topological polar surface area (TPSA) is 26.9 Å². The number of benzene rings is 1. The van der Waals surface area contributed by atoms with Crippen molar-refractivity contribution in [2.75, 3.05) is 0 Å². The fourth-order valence-electron chi connectivity index (χ4n) is 5.70. The van der Waals surface area contributed by atoms with E-state index in [1.807, 2.05) is 4.68 Å². The van der Waals surface area contributed by atoms with Gasteiger partial charge in [0.2, 0.25) is 0 Å². The number of hydrogen-bond acceptors (Lipinski definition) is 1. The molecule has 25 heavy (non-hydrogen) atoms. The Labute approximate surface area is 149 Å². The van der Waals surface area contributed by atoms with E-state index in [2.05, 4.69) is 62.9 Å². The number of allylic oxidation sites excluding steroid dienone is 1. The lowest BCUT2D eigenvalue weighted by atomic mass is 9.76. The van der Waals surface area contributed by atoms with E-state index in [4.69, 9.17) is 0 Å². The van der Waals surface area contributed by atoms with E-state index in [-0.39, 0.29) is 16.4 Å². The van der Waals surface area contributed by atoms with Crippen LogP contribution in [0.2, 0.25) is 0 Å². The van der Waals surface area contributed by atoms with Crippen molar-refractivity contribution in [2.24, 2.45) is 7.05 Å². The van der Waals surface area contributed by atoms with Crippen molar-refractivity contribution >= 4 is 6.08 Å². The number of aromatic nitrogens is 2. The monoisotopic (exact) mass is 334 g/mol. The molecule has 2 aromatic rings. The normalized spacial score (nSPS) is 28.2. The van der Waals surface area contributed by atoms with E-state index in [9.17, 15) is 4.79 Å². The predicted molar refractivity (Wildman–Crippen MR) is 102 cm³/mol. The minimum Gasteiger partial charge on any atom is -0.284 e. The quantitative estimate of drug-likeness (QED) is 0.759. The molecule has 2 atom stereocenters. The van der Waals surface area contributed by atoms with Gasteiger partial charge in [0, 0.05) is 23.7 Å². The van der Waals surface area contributed by atoms with Crippen molar-refractivity contribution < 1.29 is 0 Å². The number of hydrogen-bond donors (Lipinski definition) is 0. The smallest absolute Gasteiger partial charge is 0.275 e. The lowest BCUT2D eigenvalue weighted by Crippen LogP contribution is -2.26. The van der Waals surface area contributed by atoms with Gasteiger partial charge in [0.1, 0.15) is 0 Å². The molecule has 1 heterocycles. The molecule has 1 fully saturated rings. The summed E-state index contributed by atoms with van der Waals surface area (Å²) in [6, 6.07) is 6.51. The molecule has 130 valence electrons. The van der Waals surface area contributed by atoms with Crippen molar-refractivity contribution in [3.05, 3.63) is 57.0 Å². The molecule has 2 unspecified atom stereocenters. The van der Waals surface area contributed by atoms with Gasteiger partial charge in [-0.3, -0.25) is 9.48 Å². The Morgan fingerprint density at radius 2 is 2.00 bits per heavy atom. The van der Waals surface area contributed by atoms with Crippen molar-refractivity contribution in [1.82, 2.24) is 9.36 Å². The predicted octanol–water partition coefficient (Wildman–Crippen LogP) is 4.41. The maximum Gasteiger partial charge on any atom is 0.275 e. The largest absolute Gasteiger partial charge is 0.284 e. The van der Waals surface area contributed by atoms with Gasteiger partial charge in [0.05, 0.1) is 5.69 Å². The molecule has 1 aromatic heterocycles. The first-order chi connectivity index (χ1) is 11.8. The maximum absolute atomic E-state index is 13.3. The molecule has 0 radical (unpaired) electrons. The van der Waals surface area contributed by atoms with Crippen LogP contribution in [-0.4, -0.2) is 9.36 Å². The standard InChI is InChI=1S/C22H26N2O/c1-21(2)10-5-6-14-7-8-16(12-17(14)21)24-20(25)18-15-9-11-22(3,13-15)19(18)23(24)4/h5-8,12,15H,9-11,13H2,1-4H3. The summed E-state index contributed by atoms with van der Waals surface area (Å²) in [6.45, 7) is 6.91. The summed E-state index contributed by atoms with van der Waals surface area (Å²) in [5.41, 5.74) is 6.51. The zero-order valence-corrected chi connectivity index (χ0v) is 15.6. The van der Waals surface area contributed by atoms with Crippen molar-refractivity contribution in [1.29, 1.82) is 0 Å². The van der Waals surface area contributed by atoms with E-state index in [0.717, 1.165) is 24.1 Å². The number of rotatable bonds is 1.